The second-order valence-corrected chi connectivity index (χ2v) is 6.71. The Hall–Kier alpha value is -3.05. The number of amides is 1. The van der Waals surface area contributed by atoms with E-state index in [1.807, 2.05) is 12.1 Å². The molecule has 0 unspecified atom stereocenters. The zero-order valence-electron chi connectivity index (χ0n) is 15.1. The summed E-state index contributed by atoms with van der Waals surface area (Å²) in [7, 11) is 0. The quantitative estimate of drug-likeness (QED) is 0.500. The third-order valence-corrected chi connectivity index (χ3v) is 4.59. The number of benzene rings is 2. The van der Waals surface area contributed by atoms with Crippen molar-refractivity contribution in [2.75, 3.05) is 24.7 Å². The van der Waals surface area contributed by atoms with Gasteiger partial charge < -0.3 is 19.1 Å². The minimum absolute atomic E-state index is 0.0158. The van der Waals surface area contributed by atoms with E-state index in [-0.39, 0.29) is 31.2 Å². The van der Waals surface area contributed by atoms with Crippen molar-refractivity contribution in [3.05, 3.63) is 46.4 Å². The third-order valence-electron chi connectivity index (χ3n) is 4.00. The highest BCUT2D eigenvalue weighted by Gasteiger charge is 2.26. The number of nitrogens with zero attached hydrogens (tertiary/aromatic N) is 2. The van der Waals surface area contributed by atoms with Gasteiger partial charge in [0.2, 0.25) is 0 Å². The second-order valence-electron chi connectivity index (χ2n) is 5.86. The second kappa shape index (κ2) is 8.76. The number of nitriles is 1. The van der Waals surface area contributed by atoms with Crippen molar-refractivity contribution in [3.8, 4) is 23.3 Å². The highest BCUT2D eigenvalue weighted by atomic mass is 79.9. The van der Waals surface area contributed by atoms with Crippen molar-refractivity contribution < 1.29 is 23.8 Å². The molecule has 3 rings (SSSR count). The molecule has 0 fully saturated rings. The summed E-state index contributed by atoms with van der Waals surface area (Å²) in [5.74, 6) is 0.363. The summed E-state index contributed by atoms with van der Waals surface area (Å²) in [5, 5.41) is 9.08. The van der Waals surface area contributed by atoms with E-state index in [0.29, 0.717) is 33.8 Å². The highest BCUT2D eigenvalue weighted by molar-refractivity contribution is 9.10. The molecule has 1 aliphatic rings. The Morgan fingerprint density at radius 1 is 1.36 bits per heavy atom. The van der Waals surface area contributed by atoms with Gasteiger partial charge in [0, 0.05) is 12.6 Å². The minimum atomic E-state index is -0.525. The molecule has 0 saturated carbocycles. The van der Waals surface area contributed by atoms with E-state index in [9.17, 15) is 9.59 Å². The van der Waals surface area contributed by atoms with Crippen molar-refractivity contribution in [1.82, 2.24) is 0 Å². The van der Waals surface area contributed by atoms with Crippen molar-refractivity contribution >= 4 is 33.5 Å². The number of fused-ring (bicyclic) bond motifs is 1. The van der Waals surface area contributed by atoms with Gasteiger partial charge in [-0.05, 0) is 41.1 Å². The summed E-state index contributed by atoms with van der Waals surface area (Å²) in [5.41, 5.74) is 1.01. The molecular weight excluding hydrogens is 428 g/mol. The molecule has 2 aromatic carbocycles. The van der Waals surface area contributed by atoms with Gasteiger partial charge in [-0.1, -0.05) is 12.1 Å². The number of para-hydroxylation sites is 2. The molecule has 0 aliphatic carbocycles. The molecule has 0 bridgehead atoms. The number of carbonyl (C=O) groups excluding carboxylic acids is 2. The molecule has 0 radical (unpaired) electrons. The summed E-state index contributed by atoms with van der Waals surface area (Å²) in [6.45, 7) is 2.24. The minimum Gasteiger partial charge on any atom is -0.490 e. The van der Waals surface area contributed by atoms with E-state index in [1.165, 1.54) is 11.0 Å². The Morgan fingerprint density at radius 2 is 2.14 bits per heavy atom. The van der Waals surface area contributed by atoms with Crippen LogP contribution in [0.1, 0.15) is 18.9 Å². The lowest BCUT2D eigenvalue weighted by molar-refractivity contribution is -0.134. The molecule has 28 heavy (non-hydrogen) atoms. The topological polar surface area (TPSA) is 88.9 Å². The molecule has 0 aromatic heterocycles. The van der Waals surface area contributed by atoms with Crippen LogP contribution in [0.25, 0.3) is 0 Å². The SMILES string of the molecule is CCOc1cc(C#N)cc(Br)c1OC(=O)CCN1C(=O)COc2ccccc21. The van der Waals surface area contributed by atoms with Crippen LogP contribution in [0.2, 0.25) is 0 Å². The fourth-order valence-corrected chi connectivity index (χ4v) is 3.28. The molecule has 0 N–H and O–H groups in total. The van der Waals surface area contributed by atoms with Crippen LogP contribution in [-0.2, 0) is 9.59 Å². The number of hydrogen-bond acceptors (Lipinski definition) is 6. The van der Waals surface area contributed by atoms with Crippen LogP contribution in [0.4, 0.5) is 5.69 Å². The summed E-state index contributed by atoms with van der Waals surface area (Å²) < 4.78 is 16.8. The van der Waals surface area contributed by atoms with E-state index in [1.54, 1.807) is 31.2 Å². The van der Waals surface area contributed by atoms with Crippen LogP contribution in [0, 0.1) is 11.3 Å². The fourth-order valence-electron chi connectivity index (χ4n) is 2.76. The molecule has 0 spiro atoms. The lowest BCUT2D eigenvalue weighted by Gasteiger charge is -2.29. The Bertz CT molecular complexity index is 954. The van der Waals surface area contributed by atoms with Gasteiger partial charge in [0.15, 0.2) is 18.1 Å². The number of halogens is 1. The average Bonchev–Trinajstić information content (AvgIpc) is 2.69. The first-order valence-corrected chi connectivity index (χ1v) is 9.42. The monoisotopic (exact) mass is 444 g/mol. The molecule has 144 valence electrons. The molecule has 1 heterocycles. The normalized spacial score (nSPS) is 12.6. The van der Waals surface area contributed by atoms with E-state index >= 15 is 0 Å². The van der Waals surface area contributed by atoms with Gasteiger partial charge in [-0.25, -0.2) is 0 Å². The van der Waals surface area contributed by atoms with Crippen LogP contribution < -0.4 is 19.1 Å². The molecule has 7 nitrogen and oxygen atoms in total. The molecule has 0 saturated heterocycles. The Kier molecular flexibility index (Phi) is 6.16. The van der Waals surface area contributed by atoms with Crippen LogP contribution in [0.3, 0.4) is 0 Å². The van der Waals surface area contributed by atoms with Gasteiger partial charge >= 0.3 is 5.97 Å². The largest absolute Gasteiger partial charge is 0.490 e. The van der Waals surface area contributed by atoms with Gasteiger partial charge in [-0.2, -0.15) is 5.26 Å². The summed E-state index contributed by atoms with van der Waals surface area (Å²) in [6.07, 6.45) is -0.0158. The van der Waals surface area contributed by atoms with E-state index in [0.717, 1.165) is 0 Å². The maximum atomic E-state index is 12.4. The zero-order chi connectivity index (χ0) is 20.1. The van der Waals surface area contributed by atoms with Gasteiger partial charge in [0.05, 0.1) is 34.8 Å². The first-order chi connectivity index (χ1) is 13.5. The lowest BCUT2D eigenvalue weighted by Crippen LogP contribution is -2.40. The van der Waals surface area contributed by atoms with Crippen LogP contribution in [-0.4, -0.2) is 31.6 Å². The summed E-state index contributed by atoms with van der Waals surface area (Å²) >= 11 is 3.31. The zero-order valence-corrected chi connectivity index (χ0v) is 16.7. The van der Waals surface area contributed by atoms with Crippen molar-refractivity contribution in [2.24, 2.45) is 0 Å². The smallest absolute Gasteiger partial charge is 0.313 e. The molecule has 8 heteroatoms. The van der Waals surface area contributed by atoms with Crippen molar-refractivity contribution in [1.29, 1.82) is 5.26 Å². The summed E-state index contributed by atoms with van der Waals surface area (Å²) in [4.78, 5) is 26.1. The number of esters is 1. The Labute approximate surface area is 170 Å². The van der Waals surface area contributed by atoms with E-state index in [2.05, 4.69) is 15.9 Å². The number of hydrogen-bond donors (Lipinski definition) is 0. The van der Waals surface area contributed by atoms with Crippen LogP contribution in [0.15, 0.2) is 40.9 Å². The van der Waals surface area contributed by atoms with Crippen molar-refractivity contribution in [3.63, 3.8) is 0 Å². The van der Waals surface area contributed by atoms with E-state index in [4.69, 9.17) is 19.5 Å². The number of rotatable bonds is 6. The average molecular weight is 445 g/mol. The molecule has 1 aliphatic heterocycles. The highest BCUT2D eigenvalue weighted by Crippen LogP contribution is 2.37. The predicted octanol–water partition coefficient (Wildman–Crippen LogP) is 3.44. The first-order valence-electron chi connectivity index (χ1n) is 8.62. The maximum Gasteiger partial charge on any atom is 0.313 e. The lowest BCUT2D eigenvalue weighted by atomic mass is 10.2. The molecular formula is C20H17BrN2O5. The molecule has 1 amide bonds. The van der Waals surface area contributed by atoms with Crippen molar-refractivity contribution in [2.45, 2.75) is 13.3 Å². The number of carbonyl (C=O) groups is 2. The fraction of sp³-hybridized carbons (Fsp3) is 0.250. The number of anilines is 1. The maximum absolute atomic E-state index is 12.4. The van der Waals surface area contributed by atoms with Crippen LogP contribution >= 0.6 is 15.9 Å². The number of ether oxygens (including phenoxy) is 3. The van der Waals surface area contributed by atoms with Gasteiger partial charge in [-0.15, -0.1) is 0 Å². The standard InChI is InChI=1S/C20H17BrN2O5/c1-2-26-17-10-13(11-22)9-14(21)20(17)28-19(25)7-8-23-15-5-3-4-6-16(15)27-12-18(23)24/h3-6,9-10H,2,7-8,12H2,1H3. The van der Waals surface area contributed by atoms with Gasteiger partial charge in [0.1, 0.15) is 5.75 Å². The van der Waals surface area contributed by atoms with E-state index < -0.39 is 5.97 Å². The van der Waals surface area contributed by atoms with Gasteiger partial charge in [0.25, 0.3) is 5.91 Å². The third kappa shape index (κ3) is 4.26. The Balaban J connectivity index is 1.72. The Morgan fingerprint density at radius 3 is 2.89 bits per heavy atom. The van der Waals surface area contributed by atoms with Crippen LogP contribution in [0.5, 0.6) is 17.2 Å². The van der Waals surface area contributed by atoms with Gasteiger partial charge in [-0.3, -0.25) is 9.59 Å². The first kappa shape index (κ1) is 19.7. The molecule has 2 aromatic rings. The molecule has 0 atom stereocenters. The summed E-state index contributed by atoms with van der Waals surface area (Å²) in [6, 6.07) is 12.2. The predicted molar refractivity (Wildman–Crippen MR) is 105 cm³/mol.